The van der Waals surface area contributed by atoms with E-state index in [0.29, 0.717) is 33.9 Å². The smallest absolute Gasteiger partial charge is 0.261 e. The fourth-order valence-electron chi connectivity index (χ4n) is 2.62. The molecule has 0 saturated heterocycles. The zero-order chi connectivity index (χ0) is 17.2. The molecule has 25 heavy (non-hydrogen) atoms. The Morgan fingerprint density at radius 2 is 1.92 bits per heavy atom. The van der Waals surface area contributed by atoms with Gasteiger partial charge >= 0.3 is 0 Å². The molecule has 0 fully saturated rings. The number of hydrogen-bond acceptors (Lipinski definition) is 6. The molecule has 0 N–H and O–H groups in total. The summed E-state index contributed by atoms with van der Waals surface area (Å²) < 4.78 is 12.1. The van der Waals surface area contributed by atoms with Gasteiger partial charge in [-0.15, -0.1) is 0 Å². The van der Waals surface area contributed by atoms with Gasteiger partial charge in [0.05, 0.1) is 36.4 Å². The maximum atomic E-state index is 12.5. The van der Waals surface area contributed by atoms with Crippen molar-refractivity contribution in [2.75, 3.05) is 7.11 Å². The topological polar surface area (TPSA) is 83.0 Å². The third kappa shape index (κ3) is 2.76. The van der Waals surface area contributed by atoms with Crippen molar-refractivity contribution in [2.45, 2.75) is 6.54 Å². The maximum absolute atomic E-state index is 12.5. The first-order valence-electron chi connectivity index (χ1n) is 7.66. The Morgan fingerprint density at radius 1 is 1.12 bits per heavy atom. The lowest BCUT2D eigenvalue weighted by Gasteiger charge is -2.03. The summed E-state index contributed by atoms with van der Waals surface area (Å²) in [5.74, 6) is 1.37. The Labute approximate surface area is 142 Å². The van der Waals surface area contributed by atoms with E-state index in [-0.39, 0.29) is 12.1 Å². The highest BCUT2D eigenvalue weighted by atomic mass is 16.5. The van der Waals surface area contributed by atoms with Crippen molar-refractivity contribution in [3.05, 3.63) is 71.0 Å². The van der Waals surface area contributed by atoms with Crippen molar-refractivity contribution in [1.82, 2.24) is 19.7 Å². The van der Waals surface area contributed by atoms with Gasteiger partial charge in [0, 0.05) is 0 Å². The number of methoxy groups -OCH3 is 1. The van der Waals surface area contributed by atoms with Crippen LogP contribution in [0.5, 0.6) is 5.75 Å². The van der Waals surface area contributed by atoms with Crippen LogP contribution in [0.3, 0.4) is 0 Å². The predicted molar refractivity (Wildman–Crippen MR) is 91.4 cm³/mol. The molecule has 0 saturated carbocycles. The van der Waals surface area contributed by atoms with Gasteiger partial charge in [0.25, 0.3) is 11.4 Å². The molecule has 0 aliphatic rings. The van der Waals surface area contributed by atoms with Crippen LogP contribution in [0.1, 0.15) is 5.82 Å². The van der Waals surface area contributed by atoms with E-state index in [1.54, 1.807) is 19.2 Å². The highest BCUT2D eigenvalue weighted by Crippen LogP contribution is 2.27. The lowest BCUT2D eigenvalue weighted by Crippen LogP contribution is -2.21. The van der Waals surface area contributed by atoms with Crippen LogP contribution in [0.2, 0.25) is 0 Å². The number of benzene rings is 2. The van der Waals surface area contributed by atoms with E-state index in [0.717, 1.165) is 0 Å². The third-order valence-corrected chi connectivity index (χ3v) is 3.85. The van der Waals surface area contributed by atoms with Crippen LogP contribution in [-0.4, -0.2) is 26.8 Å². The van der Waals surface area contributed by atoms with Crippen molar-refractivity contribution in [1.29, 1.82) is 0 Å². The van der Waals surface area contributed by atoms with Gasteiger partial charge in [0.2, 0.25) is 0 Å². The van der Waals surface area contributed by atoms with Gasteiger partial charge in [0.15, 0.2) is 5.82 Å². The molecule has 0 aliphatic heterocycles. The van der Waals surface area contributed by atoms with Crippen LogP contribution in [0, 0.1) is 0 Å². The second-order valence-corrected chi connectivity index (χ2v) is 5.41. The predicted octanol–water partition coefficient (Wildman–Crippen LogP) is 2.50. The molecule has 0 unspecified atom stereocenters. The molecule has 4 aromatic rings. The summed E-state index contributed by atoms with van der Waals surface area (Å²) in [6, 6.07) is 14.6. The molecular formula is C18H14N4O3. The first kappa shape index (κ1) is 15.1. The van der Waals surface area contributed by atoms with Gasteiger partial charge in [0.1, 0.15) is 5.75 Å². The van der Waals surface area contributed by atoms with Crippen LogP contribution < -0.4 is 10.3 Å². The third-order valence-electron chi connectivity index (χ3n) is 3.85. The Bertz CT molecular complexity index is 1100. The quantitative estimate of drug-likeness (QED) is 0.570. The molecule has 7 heteroatoms. The molecule has 0 radical (unpaired) electrons. The SMILES string of the molecule is COc1ccccc1-c1nc(Cn2cnc3ccccc3c2=O)no1. The fourth-order valence-corrected chi connectivity index (χ4v) is 2.62. The van der Waals surface area contributed by atoms with Crippen LogP contribution in [0.25, 0.3) is 22.4 Å². The molecule has 2 aromatic heterocycles. The zero-order valence-corrected chi connectivity index (χ0v) is 13.4. The molecule has 0 aliphatic carbocycles. The number of hydrogen-bond donors (Lipinski definition) is 0. The minimum absolute atomic E-state index is 0.144. The Kier molecular flexibility index (Phi) is 3.74. The number of ether oxygens (including phenoxy) is 1. The Balaban J connectivity index is 1.68. The highest BCUT2D eigenvalue weighted by molar-refractivity contribution is 5.76. The Morgan fingerprint density at radius 3 is 2.80 bits per heavy atom. The minimum atomic E-state index is -0.144. The molecule has 0 atom stereocenters. The van der Waals surface area contributed by atoms with Crippen LogP contribution in [-0.2, 0) is 6.54 Å². The number of para-hydroxylation sites is 2. The van der Waals surface area contributed by atoms with Crippen molar-refractivity contribution < 1.29 is 9.26 Å². The zero-order valence-electron chi connectivity index (χ0n) is 13.4. The molecule has 0 bridgehead atoms. The fraction of sp³-hybridized carbons (Fsp3) is 0.111. The number of rotatable bonds is 4. The van der Waals surface area contributed by atoms with Crippen molar-refractivity contribution >= 4 is 10.9 Å². The van der Waals surface area contributed by atoms with E-state index in [1.807, 2.05) is 36.4 Å². The number of aromatic nitrogens is 4. The monoisotopic (exact) mass is 334 g/mol. The van der Waals surface area contributed by atoms with Gasteiger partial charge in [-0.2, -0.15) is 4.98 Å². The van der Waals surface area contributed by atoms with Crippen LogP contribution in [0.4, 0.5) is 0 Å². The normalized spacial score (nSPS) is 10.9. The van der Waals surface area contributed by atoms with E-state index in [2.05, 4.69) is 15.1 Å². The minimum Gasteiger partial charge on any atom is -0.496 e. The first-order valence-corrected chi connectivity index (χ1v) is 7.66. The summed E-state index contributed by atoms with van der Waals surface area (Å²) in [6.45, 7) is 0.176. The average Bonchev–Trinajstić information content (AvgIpc) is 3.12. The van der Waals surface area contributed by atoms with Crippen molar-refractivity contribution in [3.8, 4) is 17.2 Å². The van der Waals surface area contributed by atoms with Crippen molar-refractivity contribution in [2.24, 2.45) is 0 Å². The van der Waals surface area contributed by atoms with E-state index >= 15 is 0 Å². The van der Waals surface area contributed by atoms with Gasteiger partial charge in [-0.3, -0.25) is 9.36 Å². The van der Waals surface area contributed by atoms with E-state index < -0.39 is 0 Å². The molecule has 124 valence electrons. The van der Waals surface area contributed by atoms with Gasteiger partial charge in [-0.05, 0) is 24.3 Å². The van der Waals surface area contributed by atoms with E-state index in [4.69, 9.17) is 9.26 Å². The van der Waals surface area contributed by atoms with Gasteiger partial charge in [-0.25, -0.2) is 4.98 Å². The lowest BCUT2D eigenvalue weighted by molar-refractivity contribution is 0.402. The summed E-state index contributed by atoms with van der Waals surface area (Å²) in [7, 11) is 1.58. The van der Waals surface area contributed by atoms with Gasteiger partial charge < -0.3 is 9.26 Å². The number of nitrogens with zero attached hydrogens (tertiary/aromatic N) is 4. The van der Waals surface area contributed by atoms with Gasteiger partial charge in [-0.1, -0.05) is 29.4 Å². The molecule has 2 heterocycles. The summed E-state index contributed by atoms with van der Waals surface area (Å²) in [5.41, 5.74) is 1.22. The molecule has 7 nitrogen and oxygen atoms in total. The average molecular weight is 334 g/mol. The molecule has 2 aromatic carbocycles. The number of fused-ring (bicyclic) bond motifs is 1. The first-order chi connectivity index (χ1) is 12.3. The molecule has 0 spiro atoms. The van der Waals surface area contributed by atoms with Crippen molar-refractivity contribution in [3.63, 3.8) is 0 Å². The molecular weight excluding hydrogens is 320 g/mol. The summed E-state index contributed by atoms with van der Waals surface area (Å²) >= 11 is 0. The summed E-state index contributed by atoms with van der Waals surface area (Å²) in [6.07, 6.45) is 1.49. The highest BCUT2D eigenvalue weighted by Gasteiger charge is 2.14. The largest absolute Gasteiger partial charge is 0.496 e. The second kappa shape index (κ2) is 6.20. The van der Waals surface area contributed by atoms with E-state index in [1.165, 1.54) is 10.9 Å². The summed E-state index contributed by atoms with van der Waals surface area (Å²) in [5, 5.41) is 4.51. The maximum Gasteiger partial charge on any atom is 0.261 e. The lowest BCUT2D eigenvalue weighted by atomic mass is 10.2. The van der Waals surface area contributed by atoms with Crippen LogP contribution in [0.15, 0.2) is 64.2 Å². The standard InChI is InChI=1S/C18H14N4O3/c1-24-15-9-5-3-7-13(15)17-20-16(21-25-17)10-22-11-19-14-8-4-2-6-12(14)18(22)23/h2-9,11H,10H2,1H3. The Hall–Kier alpha value is -3.48. The molecule has 4 rings (SSSR count). The van der Waals surface area contributed by atoms with E-state index in [9.17, 15) is 4.79 Å². The summed E-state index contributed by atoms with van der Waals surface area (Å²) in [4.78, 5) is 21.2. The molecule has 0 amide bonds. The second-order valence-electron chi connectivity index (χ2n) is 5.41. The van der Waals surface area contributed by atoms with Crippen LogP contribution >= 0.6 is 0 Å².